The van der Waals surface area contributed by atoms with Gasteiger partial charge in [0.15, 0.2) is 0 Å². The van der Waals surface area contributed by atoms with Crippen LogP contribution < -0.4 is 66.3 Å². The first-order valence-electron chi connectivity index (χ1n) is 47.3. The molecule has 4 aromatic rings. The molecule has 51 nitrogen and oxygen atoms in total. The van der Waals surface area contributed by atoms with Crippen LogP contribution in [0.15, 0.2) is 67.5 Å². The van der Waals surface area contributed by atoms with Gasteiger partial charge in [-0.3, -0.25) is 48.7 Å². The number of aryl methyl sites for hydroxylation is 1. The fourth-order valence-electron chi connectivity index (χ4n) is 15.2. The Balaban J connectivity index is 0.00000102. The molecule has 8 heterocycles. The molecule has 1 unspecified atom stereocenters. The van der Waals surface area contributed by atoms with Crippen LogP contribution in [0.25, 0.3) is 41.8 Å². The maximum Gasteiger partial charge on any atom is 0.325 e. The largest absolute Gasteiger partial charge is 1.00 e. The van der Waals surface area contributed by atoms with Gasteiger partial charge in [0.25, 0.3) is 17.7 Å². The highest BCUT2D eigenvalue weighted by atomic mass is 79.9. The first-order chi connectivity index (χ1) is 65.0. The number of halogens is 2. The van der Waals surface area contributed by atoms with Crippen molar-refractivity contribution >= 4 is 35.8 Å². The van der Waals surface area contributed by atoms with Gasteiger partial charge in [0.05, 0.1) is 255 Å². The van der Waals surface area contributed by atoms with Crippen LogP contribution in [-0.4, -0.2) is 456 Å². The van der Waals surface area contributed by atoms with Crippen molar-refractivity contribution < 1.29 is 103 Å². The Morgan fingerprint density at radius 1 is 0.390 bits per heavy atom. The molecule has 4 aliphatic heterocycles. The smallest absolute Gasteiger partial charge is 0.325 e. The summed E-state index contributed by atoms with van der Waals surface area (Å²) in [5.41, 5.74) is 42.8. The Morgan fingerprint density at radius 3 is 1.07 bits per heavy atom. The highest BCUT2D eigenvalue weighted by Crippen LogP contribution is 2.27. The van der Waals surface area contributed by atoms with Crippen molar-refractivity contribution in [1.82, 2.24) is 112 Å². The van der Waals surface area contributed by atoms with E-state index >= 15 is 0 Å². The van der Waals surface area contributed by atoms with Gasteiger partial charge >= 0.3 is 18.1 Å². The van der Waals surface area contributed by atoms with Crippen molar-refractivity contribution in [2.24, 2.45) is 30.8 Å². The van der Waals surface area contributed by atoms with E-state index in [2.05, 4.69) is 259 Å². The molecule has 0 aromatic carbocycles. The molecule has 6 N–H and O–H groups in total. The average Bonchev–Trinajstić information content (AvgIpc) is 1.68. The van der Waals surface area contributed by atoms with Crippen LogP contribution in [0.2, 0.25) is 0 Å². The summed E-state index contributed by atoms with van der Waals surface area (Å²) in [7, 11) is 36.3. The Labute approximate surface area is 854 Å². The normalized spacial score (nSPS) is 15.4. The van der Waals surface area contributed by atoms with Crippen molar-refractivity contribution in [2.45, 2.75) is 156 Å². The average molecular weight is 2110 g/mol. The number of aromatic nitrogens is 12. The third kappa shape index (κ3) is 48.3. The quantitative estimate of drug-likeness (QED) is 0.00441. The lowest BCUT2D eigenvalue weighted by molar-refractivity contribution is -0.953. The number of urea groups is 3. The van der Waals surface area contributed by atoms with Crippen molar-refractivity contribution in [2.75, 3.05) is 283 Å². The highest BCUT2D eigenvalue weighted by Gasteiger charge is 2.48. The number of imide groups is 3. The summed E-state index contributed by atoms with van der Waals surface area (Å²) in [6.07, 6.45) is 30.6. The SMILES string of the molecule is C#CC[N+](CC#C)(CC#C)CCCN1C(=O)NC(C)(C)C1=O.CC1(C)NC(=O)N(CCC[N+](CCN=NNCC[N+](C)(C)C)(Cc2cn(CCCN3C=C(C[N+](CCCN4C(=O)NC(C)(C)C4=O)(Cc4cn(CC[N+](C)(C)C)nn4)Cc4cn(CC[N+](C)(C)C)nn4)NN3)nn2)Cc2cn(CC[N+](C)(C)C)nn2)C1=O.CCC[N+](C)(C)CCN=[N+]=[N-].C[N+](C)(C)CCN=[N+]=[N-].[Br-].[Br-].[N-]=[N+]=NCCCN=[N+]=[N-]. The van der Waals surface area contributed by atoms with Crippen LogP contribution >= 0.6 is 0 Å². The lowest BCUT2D eigenvalue weighted by atomic mass is 10.1. The van der Waals surface area contributed by atoms with Gasteiger partial charge in [0.1, 0.15) is 105 Å². The monoisotopic (exact) mass is 2110 g/mol. The third-order valence-electron chi connectivity index (χ3n) is 22.9. The van der Waals surface area contributed by atoms with E-state index < -0.39 is 16.6 Å². The van der Waals surface area contributed by atoms with Crippen LogP contribution in [0.4, 0.5) is 14.4 Å². The zero-order chi connectivity index (χ0) is 104. The molecule has 3 saturated heterocycles. The number of carbonyl (C=O) groups is 6. The van der Waals surface area contributed by atoms with Crippen LogP contribution in [0.1, 0.15) is 110 Å². The Morgan fingerprint density at radius 2 is 0.730 bits per heavy atom. The van der Waals surface area contributed by atoms with E-state index in [1.54, 1.807) is 41.5 Å². The summed E-state index contributed by atoms with van der Waals surface area (Å²) >= 11 is 0. The number of quaternary nitrogens is 9. The third-order valence-corrected chi connectivity index (χ3v) is 22.9. The second-order valence-corrected chi connectivity index (χ2v) is 43.2. The zero-order valence-corrected chi connectivity index (χ0v) is 91.5. The minimum Gasteiger partial charge on any atom is -1.00 e. The summed E-state index contributed by atoms with van der Waals surface area (Å²) in [6.45, 7) is 32.2. The molecule has 141 heavy (non-hydrogen) atoms. The summed E-state index contributed by atoms with van der Waals surface area (Å²) in [5, 5.41) is 69.8. The molecule has 784 valence electrons. The number of likely N-dealkylation sites (N-methyl/N-ethyl adjacent to an activating group) is 6. The molecule has 0 saturated carbocycles. The first-order valence-corrected chi connectivity index (χ1v) is 47.3. The minimum atomic E-state index is -0.975. The molecule has 1 atom stereocenters. The van der Waals surface area contributed by atoms with Gasteiger partial charge in [0.2, 0.25) is 0 Å². The van der Waals surface area contributed by atoms with E-state index in [0.717, 1.165) is 108 Å². The number of terminal acetylenes is 3. The van der Waals surface area contributed by atoms with Gasteiger partial charge in [0, 0.05) is 90.9 Å². The second kappa shape index (κ2) is 58.9. The van der Waals surface area contributed by atoms with Crippen LogP contribution in [0.3, 0.4) is 0 Å². The van der Waals surface area contributed by atoms with Gasteiger partial charge in [-0.1, -0.05) is 53.5 Å². The van der Waals surface area contributed by atoms with Crippen LogP contribution in [0.5, 0.6) is 0 Å². The molecular weight excluding hydrogens is 1940 g/mol. The topological polar surface area (TPSA) is 530 Å². The fourth-order valence-corrected chi connectivity index (χ4v) is 15.2. The van der Waals surface area contributed by atoms with E-state index in [1.165, 1.54) is 21.1 Å². The predicted octanol–water partition coefficient (Wildman–Crippen LogP) is -1.22. The number of hydrogen-bond acceptors (Lipinski definition) is 23. The second-order valence-electron chi connectivity index (χ2n) is 43.2. The lowest BCUT2D eigenvalue weighted by Crippen LogP contribution is -3.00. The molecule has 53 heteroatoms. The molecule has 4 aliphatic rings. The molecule has 3 fully saturated rings. The number of hydrazine groups is 2. The number of azide groups is 4. The zero-order valence-electron chi connectivity index (χ0n) is 88.3. The molecular formula is C88H164Br2N45O6+7. The molecule has 0 aliphatic carbocycles. The number of amides is 9. The van der Waals surface area contributed by atoms with Crippen LogP contribution in [-0.2, 0) is 66.7 Å². The maximum atomic E-state index is 13.4. The molecule has 8 rings (SSSR count). The number of hydrogen-bond donors (Lipinski definition) is 6. The Bertz CT molecular complexity index is 4850. The number of nitrogens with one attached hydrogen (secondary N) is 6. The number of carbonyl (C=O) groups excluding carboxylic acids is 6. The summed E-state index contributed by atoms with van der Waals surface area (Å²) < 4.78 is 13.8. The van der Waals surface area contributed by atoms with E-state index in [1.807, 2.05) is 48.5 Å². The van der Waals surface area contributed by atoms with Gasteiger partial charge < -0.3 is 91.2 Å². The van der Waals surface area contributed by atoms with E-state index in [4.69, 9.17) is 56.7 Å². The lowest BCUT2D eigenvalue weighted by Gasteiger charge is -2.38. The van der Waals surface area contributed by atoms with Gasteiger partial charge in [-0.05, 0) is 101 Å². The molecule has 0 bridgehead atoms. The van der Waals surface area contributed by atoms with Crippen molar-refractivity contribution in [3.05, 3.63) is 101 Å². The minimum absolute atomic E-state index is 0. The summed E-state index contributed by atoms with van der Waals surface area (Å²) in [5.74, 6) is 7.12. The molecule has 4 aromatic heterocycles. The molecule has 0 spiro atoms. The van der Waals surface area contributed by atoms with Crippen molar-refractivity contribution in [1.29, 1.82) is 0 Å². The van der Waals surface area contributed by atoms with E-state index in [0.29, 0.717) is 196 Å². The summed E-state index contributed by atoms with van der Waals surface area (Å²) in [4.78, 5) is 91.1. The van der Waals surface area contributed by atoms with Crippen LogP contribution in [0, 0.1) is 37.0 Å². The molecule has 9 amide bonds. The highest BCUT2D eigenvalue weighted by molar-refractivity contribution is 6.07. The summed E-state index contributed by atoms with van der Waals surface area (Å²) in [6, 6.07) is -1.13. The van der Waals surface area contributed by atoms with Crippen molar-refractivity contribution in [3.8, 4) is 37.0 Å². The van der Waals surface area contributed by atoms with E-state index in [-0.39, 0.29) is 82.9 Å². The predicted molar refractivity (Wildman–Crippen MR) is 529 cm³/mol. The molecule has 0 radical (unpaired) electrons. The van der Waals surface area contributed by atoms with Crippen molar-refractivity contribution in [3.63, 3.8) is 0 Å². The standard InChI is InChI=1S/C56H104N28O4.C17H21N3O2.C7H17N4.C5H13N4.C3H6N6.2BrH/c1-55(2)51(85)77(53(87)59-55)24-18-29-83(32-21-58-66-57-20-31-79(5,6)7,42-47-38-74(69-62-47)26-33-80(8,9)10)41-46-36-72(67-61-46)22-17-23-73-37-48(63-68-73)43-84(30-19-25-78-52(86)56(3,4)60-54(78)88,44-49-39-75(70-64-49)27-34-81(11,12)13)45-50-40-76(71-65-50)28-35-82(14,15)16;1-6-11-20(12-7-2,13-8-3)14-9-10-19-15(21)17(4,5)18-16(19)22;1-4-6-11(2,3)7-5-9-10-8;1-9(2,3)5-4-7-8-6;4-8-6-2-1-3-7-9-5;;/h36-40H,17-35,41-45H2,1-16H3,(H3-2,57,58,59,60,61,62,63,64,65,66,67,68,69,70,71,87,88);1-3H,9-14H2,4-5H3;4-7H2,1-3H3;4-5H2,1-3H3;1-3H2;2*1H/q+4;;2*+1;;;/p+1. The Hall–Kier alpha value is -11.4. The number of rotatable bonds is 57. The van der Waals surface area contributed by atoms with Gasteiger partial charge in [-0.2, -0.15) is 5.11 Å². The van der Waals surface area contributed by atoms with E-state index in [9.17, 15) is 28.8 Å². The fraction of sp³-hybridized carbons (Fsp3) is 0.750. The van der Waals surface area contributed by atoms with Gasteiger partial charge in [-0.15, -0.1) is 45.2 Å². The first kappa shape index (κ1) is 126. The maximum absolute atomic E-state index is 13.4. The number of nitrogens with zero attached hydrogens (tertiary/aromatic N) is 39. The Kier molecular flexibility index (Phi) is 52.5. The van der Waals surface area contributed by atoms with Gasteiger partial charge in [-0.25, -0.2) is 28.4 Å².